The Kier molecular flexibility index (Phi) is 8.01. The van der Waals surface area contributed by atoms with Crippen molar-refractivity contribution < 1.29 is 0 Å². The first kappa shape index (κ1) is 24.0. The van der Waals surface area contributed by atoms with Gasteiger partial charge in [0.15, 0.2) is 5.82 Å². The Balaban J connectivity index is 0.000000142. The molecule has 6 heteroatoms. The average molecular weight is 467 g/mol. The molecule has 0 spiro atoms. The Morgan fingerprint density at radius 1 is 0.735 bits per heavy atom. The molecule has 4 aliphatic rings. The van der Waals surface area contributed by atoms with Gasteiger partial charge < -0.3 is 0 Å². The van der Waals surface area contributed by atoms with Crippen molar-refractivity contribution in [3.05, 3.63) is 24.3 Å². The first-order chi connectivity index (χ1) is 16.7. The van der Waals surface area contributed by atoms with E-state index < -0.39 is 0 Å². The molecule has 6 bridgehead atoms. The van der Waals surface area contributed by atoms with Crippen LogP contribution in [0.5, 0.6) is 0 Å². The molecule has 6 atom stereocenters. The average Bonchev–Trinajstić information content (AvgIpc) is 3.62. The zero-order valence-electron chi connectivity index (χ0n) is 21.6. The van der Waals surface area contributed by atoms with Crippen LogP contribution in [0, 0.1) is 35.5 Å². The first-order valence-corrected chi connectivity index (χ1v) is 14.5. The summed E-state index contributed by atoms with van der Waals surface area (Å²) >= 11 is 0. The minimum atomic E-state index is 0.845. The van der Waals surface area contributed by atoms with Crippen molar-refractivity contribution in [2.75, 3.05) is 0 Å². The van der Waals surface area contributed by atoms with Gasteiger partial charge >= 0.3 is 0 Å². The fourth-order valence-electron chi connectivity index (χ4n) is 8.00. The van der Waals surface area contributed by atoms with Crippen LogP contribution in [0.1, 0.15) is 103 Å². The van der Waals surface area contributed by atoms with E-state index in [2.05, 4.69) is 43.4 Å². The molecule has 2 fully saturated rings. The summed E-state index contributed by atoms with van der Waals surface area (Å²) in [6.07, 6.45) is 22.4. The van der Waals surface area contributed by atoms with Crippen LogP contribution in [0.4, 0.5) is 0 Å². The lowest BCUT2D eigenvalue weighted by Crippen LogP contribution is -2.22. The molecule has 2 saturated carbocycles. The second-order valence-corrected chi connectivity index (χ2v) is 11.6. The first-order valence-electron chi connectivity index (χ1n) is 14.5. The third kappa shape index (κ3) is 5.41. The predicted molar refractivity (Wildman–Crippen MR) is 135 cm³/mol. The summed E-state index contributed by atoms with van der Waals surface area (Å²) in [6, 6.07) is 0. The van der Waals surface area contributed by atoms with Gasteiger partial charge in [0.2, 0.25) is 0 Å². The van der Waals surface area contributed by atoms with Gasteiger partial charge in [-0.1, -0.05) is 52.4 Å². The van der Waals surface area contributed by atoms with Crippen molar-refractivity contribution >= 4 is 0 Å². The Labute approximate surface area is 206 Å². The van der Waals surface area contributed by atoms with E-state index in [1.54, 1.807) is 6.33 Å². The van der Waals surface area contributed by atoms with Crippen LogP contribution in [0.2, 0.25) is 0 Å². The van der Waals surface area contributed by atoms with Crippen molar-refractivity contribution in [3.8, 4) is 0 Å². The van der Waals surface area contributed by atoms with Gasteiger partial charge in [-0.05, 0) is 74.0 Å². The van der Waals surface area contributed by atoms with Crippen molar-refractivity contribution in [1.82, 2.24) is 29.5 Å². The molecular formula is C28H46N6. The van der Waals surface area contributed by atoms with E-state index in [1.807, 2.05) is 6.33 Å². The Bertz CT molecular complexity index is 887. The number of fused-ring (bicyclic) bond motifs is 7. The maximum atomic E-state index is 4.60. The molecule has 6 unspecified atom stereocenters. The maximum absolute atomic E-state index is 4.60. The lowest BCUT2D eigenvalue weighted by atomic mass is 9.84. The fourth-order valence-corrected chi connectivity index (χ4v) is 8.00. The third-order valence-electron chi connectivity index (χ3n) is 9.74. The van der Waals surface area contributed by atoms with Crippen molar-refractivity contribution in [3.63, 3.8) is 0 Å². The number of rotatable bonds is 2. The molecule has 0 aromatic carbocycles. The summed E-state index contributed by atoms with van der Waals surface area (Å²) in [5, 5.41) is 9.03. The SMILES string of the molecule is CCC1C2CCCCc3ncn(n3)CC1CC2.CCC1C2CCCCc3ncnn3CC1CC2. The Morgan fingerprint density at radius 2 is 1.38 bits per heavy atom. The summed E-state index contributed by atoms with van der Waals surface area (Å²) in [4.78, 5) is 8.83. The number of hydrogen-bond donors (Lipinski definition) is 0. The highest BCUT2D eigenvalue weighted by Gasteiger charge is 2.36. The maximum Gasteiger partial charge on any atom is 0.150 e. The smallest absolute Gasteiger partial charge is 0.150 e. The summed E-state index contributed by atoms with van der Waals surface area (Å²) < 4.78 is 4.28. The molecule has 0 radical (unpaired) electrons. The highest BCUT2D eigenvalue weighted by Crippen LogP contribution is 2.44. The van der Waals surface area contributed by atoms with Gasteiger partial charge in [0, 0.05) is 25.9 Å². The molecule has 6 nitrogen and oxygen atoms in total. The van der Waals surface area contributed by atoms with Gasteiger partial charge in [0.05, 0.1) is 0 Å². The zero-order chi connectivity index (χ0) is 23.3. The molecule has 2 aliphatic heterocycles. The molecule has 2 aromatic heterocycles. The number of aromatic nitrogens is 6. The summed E-state index contributed by atoms with van der Waals surface area (Å²) in [7, 11) is 0. The normalized spacial score (nSPS) is 33.4. The summed E-state index contributed by atoms with van der Waals surface area (Å²) in [6.45, 7) is 6.94. The standard InChI is InChI=1S/2C14H23N3/c1-2-13-11-5-3-4-6-14-15-10-17(16-14)9-12(13)8-7-11;1-2-13-11-5-3-4-6-14-15-10-16-17(14)9-12(13)8-7-11/h2*10-13H,2-9H2,1H3. The van der Waals surface area contributed by atoms with E-state index in [9.17, 15) is 0 Å². The van der Waals surface area contributed by atoms with Crippen LogP contribution >= 0.6 is 0 Å². The molecule has 0 N–H and O–H groups in total. The van der Waals surface area contributed by atoms with E-state index in [0.717, 1.165) is 67.3 Å². The largest absolute Gasteiger partial charge is 0.252 e. The van der Waals surface area contributed by atoms with Gasteiger partial charge in [-0.15, -0.1) is 0 Å². The molecule has 2 aliphatic carbocycles. The Hall–Kier alpha value is -1.72. The highest BCUT2D eigenvalue weighted by atomic mass is 15.3. The molecule has 188 valence electrons. The van der Waals surface area contributed by atoms with E-state index in [1.165, 1.54) is 82.9 Å². The van der Waals surface area contributed by atoms with E-state index in [-0.39, 0.29) is 0 Å². The van der Waals surface area contributed by atoms with Crippen LogP contribution in [0.15, 0.2) is 12.7 Å². The van der Waals surface area contributed by atoms with Crippen molar-refractivity contribution in [2.24, 2.45) is 35.5 Å². The van der Waals surface area contributed by atoms with E-state index in [0.29, 0.717) is 0 Å². The molecule has 2 aromatic rings. The second-order valence-electron chi connectivity index (χ2n) is 11.6. The second kappa shape index (κ2) is 11.3. The molecule has 6 rings (SSSR count). The highest BCUT2D eigenvalue weighted by molar-refractivity contribution is 4.91. The monoisotopic (exact) mass is 466 g/mol. The van der Waals surface area contributed by atoms with Gasteiger partial charge in [-0.3, -0.25) is 4.68 Å². The Morgan fingerprint density at radius 3 is 2.09 bits per heavy atom. The lowest BCUT2D eigenvalue weighted by Gasteiger charge is -2.25. The van der Waals surface area contributed by atoms with Crippen LogP contribution in [0.25, 0.3) is 0 Å². The lowest BCUT2D eigenvalue weighted by molar-refractivity contribution is 0.247. The van der Waals surface area contributed by atoms with Crippen LogP contribution in [-0.2, 0) is 25.9 Å². The number of nitrogens with zero attached hydrogens (tertiary/aromatic N) is 6. The van der Waals surface area contributed by atoms with Crippen LogP contribution in [0.3, 0.4) is 0 Å². The third-order valence-corrected chi connectivity index (χ3v) is 9.74. The van der Waals surface area contributed by atoms with Gasteiger partial charge in [0.25, 0.3) is 0 Å². The molecule has 0 saturated heterocycles. The molecular weight excluding hydrogens is 420 g/mol. The molecule has 34 heavy (non-hydrogen) atoms. The fraction of sp³-hybridized carbons (Fsp3) is 0.857. The quantitative estimate of drug-likeness (QED) is 0.535. The van der Waals surface area contributed by atoms with Gasteiger partial charge in [0.1, 0.15) is 18.5 Å². The predicted octanol–water partition coefficient (Wildman–Crippen LogP) is 6.11. The topological polar surface area (TPSA) is 61.4 Å². The molecule has 0 amide bonds. The van der Waals surface area contributed by atoms with Gasteiger partial charge in [-0.25, -0.2) is 14.6 Å². The number of aryl methyl sites for hydroxylation is 2. The van der Waals surface area contributed by atoms with Crippen molar-refractivity contribution in [1.29, 1.82) is 0 Å². The zero-order valence-corrected chi connectivity index (χ0v) is 21.6. The van der Waals surface area contributed by atoms with Crippen LogP contribution in [-0.4, -0.2) is 29.5 Å². The molecule has 4 heterocycles. The van der Waals surface area contributed by atoms with Gasteiger partial charge in [-0.2, -0.15) is 10.2 Å². The summed E-state index contributed by atoms with van der Waals surface area (Å²) in [5.41, 5.74) is 0. The number of hydrogen-bond acceptors (Lipinski definition) is 4. The minimum absolute atomic E-state index is 0.845. The van der Waals surface area contributed by atoms with Crippen molar-refractivity contribution in [2.45, 2.75) is 117 Å². The van der Waals surface area contributed by atoms with E-state index in [4.69, 9.17) is 0 Å². The summed E-state index contributed by atoms with van der Waals surface area (Å²) in [5.74, 6) is 7.81. The minimum Gasteiger partial charge on any atom is -0.252 e. The van der Waals surface area contributed by atoms with Crippen LogP contribution < -0.4 is 0 Å². The van der Waals surface area contributed by atoms with E-state index >= 15 is 0 Å².